The number of fused-ring (bicyclic) bond motifs is 1. The maximum Gasteiger partial charge on any atom is 0.0642 e. The molecule has 0 atom stereocenters. The molecule has 6 heteroatoms. The van der Waals surface area contributed by atoms with Crippen molar-refractivity contribution in [2.75, 3.05) is 36.5 Å². The second-order valence-corrected chi connectivity index (χ2v) is 8.88. The zero-order valence-electron chi connectivity index (χ0n) is 17.7. The molecule has 4 aromatic rings. The van der Waals surface area contributed by atoms with Gasteiger partial charge in [0.25, 0.3) is 0 Å². The summed E-state index contributed by atoms with van der Waals surface area (Å²) in [6.07, 6.45) is 2.21. The molecule has 1 aliphatic heterocycles. The molecule has 1 fully saturated rings. The molecule has 0 unspecified atom stereocenters. The van der Waals surface area contributed by atoms with Gasteiger partial charge >= 0.3 is 0 Å². The molecule has 0 aliphatic carbocycles. The van der Waals surface area contributed by atoms with Gasteiger partial charge in [0.1, 0.15) is 0 Å². The molecule has 2 heterocycles. The molecule has 0 spiro atoms. The van der Waals surface area contributed by atoms with Gasteiger partial charge in [0.05, 0.1) is 13.2 Å². The van der Waals surface area contributed by atoms with Gasteiger partial charge in [-0.3, -0.25) is 0 Å². The third-order valence-electron chi connectivity index (χ3n) is 5.95. The van der Waals surface area contributed by atoms with Crippen LogP contribution in [0.25, 0.3) is 10.9 Å². The number of morpholine rings is 1. The molecule has 0 radical (unpaired) electrons. The lowest BCUT2D eigenvalue weighted by Crippen LogP contribution is -2.36. The van der Waals surface area contributed by atoms with E-state index in [1.54, 1.807) is 6.07 Å². The van der Waals surface area contributed by atoms with Crippen molar-refractivity contribution in [3.63, 3.8) is 0 Å². The minimum absolute atomic E-state index is 0.653. The van der Waals surface area contributed by atoms with E-state index in [0.29, 0.717) is 16.6 Å². The molecule has 1 saturated heterocycles. The molecule has 1 aromatic heterocycles. The maximum absolute atomic E-state index is 6.43. The van der Waals surface area contributed by atoms with Gasteiger partial charge in [0, 0.05) is 64.7 Å². The summed E-state index contributed by atoms with van der Waals surface area (Å²) in [5, 5.41) is 6.17. The normalized spacial score (nSPS) is 14.1. The Morgan fingerprint density at radius 3 is 2.44 bits per heavy atom. The number of benzene rings is 3. The Morgan fingerprint density at radius 1 is 0.875 bits per heavy atom. The minimum atomic E-state index is 0.653. The van der Waals surface area contributed by atoms with E-state index in [1.807, 2.05) is 12.1 Å². The van der Waals surface area contributed by atoms with E-state index in [0.717, 1.165) is 44.1 Å². The molecule has 0 amide bonds. The smallest absolute Gasteiger partial charge is 0.0642 e. The van der Waals surface area contributed by atoms with Gasteiger partial charge in [-0.25, -0.2) is 0 Å². The Balaban J connectivity index is 1.33. The number of rotatable bonds is 6. The monoisotopic (exact) mass is 465 g/mol. The molecule has 1 aliphatic rings. The van der Waals surface area contributed by atoms with Crippen molar-refractivity contribution in [3.8, 4) is 0 Å². The predicted molar refractivity (Wildman–Crippen MR) is 134 cm³/mol. The van der Waals surface area contributed by atoms with Gasteiger partial charge in [-0.15, -0.1) is 0 Å². The zero-order valence-corrected chi connectivity index (χ0v) is 19.2. The third kappa shape index (κ3) is 4.58. The van der Waals surface area contributed by atoms with Crippen molar-refractivity contribution in [1.29, 1.82) is 0 Å². The summed E-state index contributed by atoms with van der Waals surface area (Å²) >= 11 is 12.5. The van der Waals surface area contributed by atoms with Crippen LogP contribution < -0.4 is 10.2 Å². The molecule has 0 bridgehead atoms. The highest BCUT2D eigenvalue weighted by atomic mass is 35.5. The highest BCUT2D eigenvalue weighted by molar-refractivity contribution is 6.35. The molecule has 0 saturated carbocycles. The number of ether oxygens (including phenoxy) is 1. The van der Waals surface area contributed by atoms with Crippen molar-refractivity contribution in [1.82, 2.24) is 4.57 Å². The predicted octanol–water partition coefficient (Wildman–Crippen LogP) is 6.45. The van der Waals surface area contributed by atoms with Gasteiger partial charge in [-0.2, -0.15) is 0 Å². The number of halogens is 2. The van der Waals surface area contributed by atoms with Crippen LogP contribution in [0.5, 0.6) is 0 Å². The van der Waals surface area contributed by atoms with Crippen LogP contribution in [0.4, 0.5) is 11.4 Å². The van der Waals surface area contributed by atoms with Crippen LogP contribution in [-0.2, 0) is 17.8 Å². The van der Waals surface area contributed by atoms with E-state index in [9.17, 15) is 0 Å². The van der Waals surface area contributed by atoms with Gasteiger partial charge in [-0.05, 0) is 53.6 Å². The first-order chi connectivity index (χ1) is 15.7. The lowest BCUT2D eigenvalue weighted by molar-refractivity contribution is 0.122. The summed E-state index contributed by atoms with van der Waals surface area (Å²) in [7, 11) is 0. The van der Waals surface area contributed by atoms with E-state index >= 15 is 0 Å². The van der Waals surface area contributed by atoms with Gasteiger partial charge in [0.15, 0.2) is 0 Å². The number of anilines is 2. The third-order valence-corrected chi connectivity index (χ3v) is 6.54. The van der Waals surface area contributed by atoms with E-state index in [1.165, 1.54) is 22.2 Å². The summed E-state index contributed by atoms with van der Waals surface area (Å²) < 4.78 is 7.70. The van der Waals surface area contributed by atoms with Crippen LogP contribution in [0, 0.1) is 0 Å². The number of aromatic nitrogens is 1. The Morgan fingerprint density at radius 2 is 1.66 bits per heavy atom. The van der Waals surface area contributed by atoms with Crippen LogP contribution in [0.1, 0.15) is 11.1 Å². The SMILES string of the molecule is Clc1ccc(Cn2cc(CNc3ccc(N4CCOCC4)cc3)c3ccccc32)c(Cl)c1. The number of hydrogen-bond acceptors (Lipinski definition) is 3. The first-order valence-corrected chi connectivity index (χ1v) is 11.6. The van der Waals surface area contributed by atoms with Crippen molar-refractivity contribution >= 4 is 45.5 Å². The van der Waals surface area contributed by atoms with E-state index in [2.05, 4.69) is 69.5 Å². The van der Waals surface area contributed by atoms with Crippen molar-refractivity contribution in [2.45, 2.75) is 13.1 Å². The Kier molecular flexibility index (Phi) is 6.26. The fourth-order valence-electron chi connectivity index (χ4n) is 4.24. The molecule has 164 valence electrons. The highest BCUT2D eigenvalue weighted by Crippen LogP contribution is 2.27. The largest absolute Gasteiger partial charge is 0.381 e. The van der Waals surface area contributed by atoms with Gasteiger partial charge in [0.2, 0.25) is 0 Å². The summed E-state index contributed by atoms with van der Waals surface area (Å²) in [6, 6.07) is 22.8. The average Bonchev–Trinajstić information content (AvgIpc) is 3.18. The Bertz CT molecular complexity index is 1210. The Labute approximate surface area is 198 Å². The van der Waals surface area contributed by atoms with E-state index < -0.39 is 0 Å². The molecule has 5 rings (SSSR count). The molecular weight excluding hydrogens is 441 g/mol. The quantitative estimate of drug-likeness (QED) is 0.354. The van der Waals surface area contributed by atoms with E-state index in [-0.39, 0.29) is 0 Å². The van der Waals surface area contributed by atoms with Gasteiger partial charge in [-0.1, -0.05) is 47.5 Å². The van der Waals surface area contributed by atoms with Crippen LogP contribution in [-0.4, -0.2) is 30.9 Å². The fraction of sp³-hybridized carbons (Fsp3) is 0.231. The standard InChI is InChI=1S/C26H25Cl2N3O/c27-21-6-5-19(25(28)15-21)17-31-18-20(24-3-1-2-4-26(24)31)16-29-22-7-9-23(10-8-22)30-11-13-32-14-12-30/h1-10,15,18,29H,11-14,16-17H2. The summed E-state index contributed by atoms with van der Waals surface area (Å²) in [6.45, 7) is 4.94. The number of para-hydroxylation sites is 1. The van der Waals surface area contributed by atoms with Crippen LogP contribution in [0.15, 0.2) is 72.9 Å². The number of hydrogen-bond donors (Lipinski definition) is 1. The van der Waals surface area contributed by atoms with Crippen LogP contribution in [0.2, 0.25) is 10.0 Å². The lowest BCUT2D eigenvalue weighted by Gasteiger charge is -2.28. The van der Waals surface area contributed by atoms with Crippen molar-refractivity contribution in [3.05, 3.63) is 94.1 Å². The van der Waals surface area contributed by atoms with Crippen LogP contribution in [0.3, 0.4) is 0 Å². The number of nitrogens with one attached hydrogen (secondary N) is 1. The molecule has 4 nitrogen and oxygen atoms in total. The molecule has 1 N–H and O–H groups in total. The topological polar surface area (TPSA) is 29.4 Å². The average molecular weight is 466 g/mol. The summed E-state index contributed by atoms with van der Waals surface area (Å²) in [5.41, 5.74) is 5.85. The van der Waals surface area contributed by atoms with Crippen molar-refractivity contribution < 1.29 is 4.74 Å². The fourth-order valence-corrected chi connectivity index (χ4v) is 4.71. The first-order valence-electron chi connectivity index (χ1n) is 10.8. The van der Waals surface area contributed by atoms with Crippen LogP contribution >= 0.6 is 23.2 Å². The zero-order chi connectivity index (χ0) is 21.9. The molecule has 3 aromatic carbocycles. The summed E-state index contributed by atoms with van der Waals surface area (Å²) in [5.74, 6) is 0. The first kappa shape index (κ1) is 21.2. The highest BCUT2D eigenvalue weighted by Gasteiger charge is 2.12. The van der Waals surface area contributed by atoms with E-state index in [4.69, 9.17) is 27.9 Å². The number of nitrogens with zero attached hydrogens (tertiary/aromatic N) is 2. The van der Waals surface area contributed by atoms with Crippen molar-refractivity contribution in [2.24, 2.45) is 0 Å². The summed E-state index contributed by atoms with van der Waals surface area (Å²) in [4.78, 5) is 2.36. The van der Waals surface area contributed by atoms with Gasteiger partial charge < -0.3 is 19.5 Å². The molecule has 32 heavy (non-hydrogen) atoms. The Hall–Kier alpha value is -2.66. The second-order valence-electron chi connectivity index (χ2n) is 8.03. The lowest BCUT2D eigenvalue weighted by atomic mass is 10.1. The minimum Gasteiger partial charge on any atom is -0.381 e. The molecular formula is C26H25Cl2N3O. The second kappa shape index (κ2) is 9.45. The maximum atomic E-state index is 6.43.